The van der Waals surface area contributed by atoms with Crippen molar-refractivity contribution in [2.75, 3.05) is 31.6 Å². The van der Waals surface area contributed by atoms with Gasteiger partial charge in [0.05, 0.1) is 29.7 Å². The number of phosphoric acid groups is 1. The summed E-state index contributed by atoms with van der Waals surface area (Å²) < 4.78 is 24.1. The molecular weight excluding hydrogens is 607 g/mol. The molecule has 0 aliphatic heterocycles. The molecule has 1 aliphatic carbocycles. The standard InChI is InChI=1S/C22H24N7O6PS.C6H15N/c1-2-34-16-7-15(8-16)29-11-18(20(27-29)17-5-3-4-6-23-17)25-21(30)19-12-37-22(26-19)14-9-24-28(10-14)13-35-36(31,32)33;1-4-7(5-2)6-3/h3-6,9-12,15-16H,2,7-8,13H2,1H3,(H,25,30)(H2,31,32,33);4-6H2,1-3H3. The lowest BCUT2D eigenvalue weighted by Crippen LogP contribution is -2.33. The molecule has 0 bridgehead atoms. The molecular formula is C28H39N8O6PS. The van der Waals surface area contributed by atoms with Gasteiger partial charge in [0.15, 0.2) is 6.73 Å². The van der Waals surface area contributed by atoms with E-state index < -0.39 is 20.5 Å². The van der Waals surface area contributed by atoms with Gasteiger partial charge in [0.25, 0.3) is 5.91 Å². The summed E-state index contributed by atoms with van der Waals surface area (Å²) in [6, 6.07) is 5.69. The van der Waals surface area contributed by atoms with Crippen LogP contribution in [-0.2, 0) is 20.6 Å². The summed E-state index contributed by atoms with van der Waals surface area (Å²) in [6.45, 7) is 12.4. The van der Waals surface area contributed by atoms with Gasteiger partial charge in [-0.05, 0) is 51.5 Å². The van der Waals surface area contributed by atoms with Crippen LogP contribution >= 0.6 is 19.2 Å². The molecule has 0 unspecified atom stereocenters. The van der Waals surface area contributed by atoms with E-state index in [4.69, 9.17) is 19.6 Å². The van der Waals surface area contributed by atoms with E-state index in [9.17, 15) is 9.36 Å². The van der Waals surface area contributed by atoms with Crippen LogP contribution < -0.4 is 5.32 Å². The minimum Gasteiger partial charge on any atom is -0.378 e. The highest BCUT2D eigenvalue weighted by atomic mass is 32.1. The fourth-order valence-corrected chi connectivity index (χ4v) is 5.58. The fraction of sp³-hybridized carbons (Fsp3) is 0.464. The van der Waals surface area contributed by atoms with E-state index in [0.717, 1.165) is 12.8 Å². The van der Waals surface area contributed by atoms with Crippen LogP contribution in [0, 0.1) is 0 Å². The minimum absolute atomic E-state index is 0.182. The van der Waals surface area contributed by atoms with Gasteiger partial charge in [-0.25, -0.2) is 14.2 Å². The number of nitrogens with zero attached hydrogens (tertiary/aromatic N) is 7. The van der Waals surface area contributed by atoms with Crippen LogP contribution in [0.25, 0.3) is 22.0 Å². The van der Waals surface area contributed by atoms with Crippen molar-refractivity contribution in [3.8, 4) is 22.0 Å². The van der Waals surface area contributed by atoms with Gasteiger partial charge in [0, 0.05) is 36.1 Å². The zero-order chi connectivity index (χ0) is 31.7. The largest absolute Gasteiger partial charge is 0.471 e. The van der Waals surface area contributed by atoms with Crippen molar-refractivity contribution in [3.63, 3.8) is 0 Å². The number of hydrogen-bond acceptors (Lipinski definition) is 10. The Balaban J connectivity index is 0.000000566. The summed E-state index contributed by atoms with van der Waals surface area (Å²) in [4.78, 5) is 41.9. The maximum absolute atomic E-state index is 13.1. The third-order valence-electron chi connectivity index (χ3n) is 7.05. The number of nitrogens with one attached hydrogen (secondary N) is 1. The number of aromatic nitrogens is 6. The number of phosphoric ester groups is 1. The second-order valence-corrected chi connectivity index (χ2v) is 12.0. The molecule has 0 radical (unpaired) electrons. The lowest BCUT2D eigenvalue weighted by atomic mass is 9.89. The highest BCUT2D eigenvalue weighted by molar-refractivity contribution is 7.46. The lowest BCUT2D eigenvalue weighted by Gasteiger charge is -2.34. The molecule has 1 amide bonds. The molecule has 14 nitrogen and oxygen atoms in total. The predicted octanol–water partition coefficient (Wildman–Crippen LogP) is 4.67. The summed E-state index contributed by atoms with van der Waals surface area (Å²) in [6.07, 6.45) is 8.41. The Bertz CT molecular complexity index is 1520. The maximum Gasteiger partial charge on any atom is 0.471 e. The van der Waals surface area contributed by atoms with Crippen molar-refractivity contribution in [3.05, 3.63) is 54.1 Å². The fourth-order valence-electron chi connectivity index (χ4n) is 4.53. The first-order valence-corrected chi connectivity index (χ1v) is 16.9. The SMILES string of the molecule is CCN(CC)CC.CCOC1CC(n2cc(NC(=O)c3csc(-c4cnn(COP(=O)(O)O)c4)n3)c(-c3ccccn3)n2)C1. The van der Waals surface area contributed by atoms with Crippen molar-refractivity contribution in [2.45, 2.75) is 59.4 Å². The van der Waals surface area contributed by atoms with Crippen molar-refractivity contribution < 1.29 is 28.4 Å². The zero-order valence-electron chi connectivity index (χ0n) is 25.2. The van der Waals surface area contributed by atoms with Gasteiger partial charge in [-0.15, -0.1) is 11.3 Å². The summed E-state index contributed by atoms with van der Waals surface area (Å²) in [5.74, 6) is -0.405. The van der Waals surface area contributed by atoms with Crippen molar-refractivity contribution in [2.24, 2.45) is 0 Å². The van der Waals surface area contributed by atoms with Crippen LogP contribution in [0.5, 0.6) is 0 Å². The quantitative estimate of drug-likeness (QED) is 0.173. The molecule has 0 aromatic carbocycles. The molecule has 1 aliphatic rings. The average molecular weight is 647 g/mol. The van der Waals surface area contributed by atoms with Crippen LogP contribution in [0.1, 0.15) is 57.1 Å². The minimum atomic E-state index is -4.62. The third kappa shape index (κ3) is 9.11. The normalized spacial score (nSPS) is 16.3. The van der Waals surface area contributed by atoms with Gasteiger partial charge in [-0.1, -0.05) is 26.8 Å². The van der Waals surface area contributed by atoms with E-state index >= 15 is 0 Å². The molecule has 16 heteroatoms. The number of amides is 1. The summed E-state index contributed by atoms with van der Waals surface area (Å²) >= 11 is 1.24. The molecule has 1 saturated carbocycles. The number of carbonyl (C=O) groups is 1. The highest BCUT2D eigenvalue weighted by Gasteiger charge is 2.32. The van der Waals surface area contributed by atoms with Crippen molar-refractivity contribution >= 4 is 30.8 Å². The van der Waals surface area contributed by atoms with E-state index in [2.05, 4.69) is 50.6 Å². The highest BCUT2D eigenvalue weighted by Crippen LogP contribution is 2.37. The molecule has 4 heterocycles. The monoisotopic (exact) mass is 646 g/mol. The van der Waals surface area contributed by atoms with E-state index in [0.29, 0.717) is 34.3 Å². The maximum atomic E-state index is 13.1. The number of carbonyl (C=O) groups excluding carboxylic acids is 1. The molecule has 0 saturated heterocycles. The predicted molar refractivity (Wildman–Crippen MR) is 167 cm³/mol. The van der Waals surface area contributed by atoms with Crippen LogP contribution in [0.15, 0.2) is 48.4 Å². The van der Waals surface area contributed by atoms with E-state index in [1.165, 1.54) is 48.0 Å². The smallest absolute Gasteiger partial charge is 0.378 e. The average Bonchev–Trinajstić information content (AvgIpc) is 3.75. The van der Waals surface area contributed by atoms with Crippen LogP contribution in [-0.4, -0.2) is 82.5 Å². The molecule has 238 valence electrons. The number of ether oxygens (including phenoxy) is 1. The molecule has 3 N–H and O–H groups in total. The Morgan fingerprint density at radius 1 is 1.16 bits per heavy atom. The molecule has 0 atom stereocenters. The van der Waals surface area contributed by atoms with Crippen LogP contribution in [0.4, 0.5) is 5.69 Å². The van der Waals surface area contributed by atoms with Gasteiger partial charge in [0.2, 0.25) is 0 Å². The van der Waals surface area contributed by atoms with Crippen LogP contribution in [0.2, 0.25) is 0 Å². The lowest BCUT2D eigenvalue weighted by molar-refractivity contribution is -0.0226. The number of rotatable bonds is 13. The molecule has 0 spiro atoms. The topological polar surface area (TPSA) is 170 Å². The van der Waals surface area contributed by atoms with Gasteiger partial charge in [-0.2, -0.15) is 10.2 Å². The Labute approximate surface area is 260 Å². The first-order chi connectivity index (χ1) is 21.1. The summed E-state index contributed by atoms with van der Waals surface area (Å²) in [5, 5.41) is 13.8. The third-order valence-corrected chi connectivity index (χ3v) is 8.39. The van der Waals surface area contributed by atoms with E-state index in [1.807, 2.05) is 36.0 Å². The Hall–Kier alpha value is -3.30. The second kappa shape index (κ2) is 15.6. The number of thiazole rings is 1. The Morgan fingerprint density at radius 2 is 1.91 bits per heavy atom. The molecule has 4 aromatic rings. The van der Waals surface area contributed by atoms with Gasteiger partial charge in [-0.3, -0.25) is 19.0 Å². The van der Waals surface area contributed by atoms with Crippen molar-refractivity contribution in [1.82, 2.24) is 34.4 Å². The molecule has 4 aromatic heterocycles. The van der Waals surface area contributed by atoms with Crippen LogP contribution in [0.3, 0.4) is 0 Å². The first kappa shape index (κ1) is 33.6. The van der Waals surface area contributed by atoms with E-state index in [1.54, 1.807) is 11.6 Å². The molecule has 1 fully saturated rings. The first-order valence-electron chi connectivity index (χ1n) is 14.5. The molecule has 44 heavy (non-hydrogen) atoms. The number of anilines is 1. The number of pyridine rings is 1. The van der Waals surface area contributed by atoms with E-state index in [-0.39, 0.29) is 17.8 Å². The second-order valence-electron chi connectivity index (χ2n) is 9.92. The van der Waals surface area contributed by atoms with Gasteiger partial charge >= 0.3 is 7.82 Å². The zero-order valence-corrected chi connectivity index (χ0v) is 26.9. The van der Waals surface area contributed by atoms with Crippen molar-refractivity contribution in [1.29, 1.82) is 0 Å². The Morgan fingerprint density at radius 3 is 2.52 bits per heavy atom. The summed E-state index contributed by atoms with van der Waals surface area (Å²) in [5.41, 5.74) is 2.52. The summed E-state index contributed by atoms with van der Waals surface area (Å²) in [7, 11) is -4.62. The number of hydrogen-bond donors (Lipinski definition) is 3. The molecule has 5 rings (SSSR count). The Kier molecular flexibility index (Phi) is 11.9. The van der Waals surface area contributed by atoms with Gasteiger partial charge < -0.3 is 24.7 Å². The van der Waals surface area contributed by atoms with Gasteiger partial charge in [0.1, 0.15) is 16.4 Å².